The third-order valence-corrected chi connectivity index (χ3v) is 3.78. The molecule has 5 heteroatoms. The molecule has 2 rings (SSSR count). The number of aromatic nitrogens is 1. The molecule has 0 bridgehead atoms. The minimum atomic E-state index is 0.706. The van der Waals surface area contributed by atoms with Gasteiger partial charge in [0, 0.05) is 17.0 Å². The molecule has 1 N–H and O–H groups in total. The van der Waals surface area contributed by atoms with Crippen LogP contribution in [0.15, 0.2) is 30.9 Å². The van der Waals surface area contributed by atoms with E-state index in [0.717, 1.165) is 21.3 Å². The van der Waals surface area contributed by atoms with Crippen molar-refractivity contribution in [2.75, 3.05) is 26.1 Å². The Kier molecular flexibility index (Phi) is 4.63. The molecule has 0 atom stereocenters. The Morgan fingerprint density at radius 3 is 2.70 bits per heavy atom. The second-order valence-corrected chi connectivity index (χ2v) is 5.37. The number of nitrogens with one attached hydrogen (secondary N) is 1. The fraction of sp³-hybridized carbons (Fsp3) is 0.267. The van der Waals surface area contributed by atoms with E-state index in [1.54, 1.807) is 25.6 Å². The van der Waals surface area contributed by atoms with Gasteiger partial charge in [0.2, 0.25) is 0 Å². The molecule has 0 radical (unpaired) electrons. The first-order valence-corrected chi connectivity index (χ1v) is 7.05. The zero-order chi connectivity index (χ0) is 14.5. The molecule has 0 saturated heterocycles. The van der Waals surface area contributed by atoms with Gasteiger partial charge in [-0.05, 0) is 25.1 Å². The molecular weight excluding hydrogens is 272 g/mol. The number of methoxy groups -OCH3 is 2. The van der Waals surface area contributed by atoms with Crippen LogP contribution in [0.3, 0.4) is 0 Å². The molecule has 0 fully saturated rings. The number of ether oxygens (including phenoxy) is 2. The van der Waals surface area contributed by atoms with Gasteiger partial charge in [0.15, 0.2) is 16.6 Å². The van der Waals surface area contributed by atoms with Crippen LogP contribution < -0.4 is 14.8 Å². The van der Waals surface area contributed by atoms with Crippen LogP contribution in [0, 0.1) is 6.92 Å². The van der Waals surface area contributed by atoms with Gasteiger partial charge in [-0.3, -0.25) is 0 Å². The highest BCUT2D eigenvalue weighted by Gasteiger charge is 2.12. The minimum absolute atomic E-state index is 0.706. The standard InChI is InChI=1S/C15H18N2O2S/c1-5-8-16-15-17-14(10(2)20-15)11-6-7-12(18-3)13(9-11)19-4/h5-7,9H,1,8H2,2-4H3,(H,16,17). The zero-order valence-electron chi connectivity index (χ0n) is 11.9. The Morgan fingerprint density at radius 1 is 1.30 bits per heavy atom. The van der Waals surface area contributed by atoms with E-state index in [-0.39, 0.29) is 0 Å². The molecule has 0 unspecified atom stereocenters. The van der Waals surface area contributed by atoms with Crippen LogP contribution in [0.1, 0.15) is 4.88 Å². The molecule has 1 aromatic heterocycles. The highest BCUT2D eigenvalue weighted by Crippen LogP contribution is 2.35. The van der Waals surface area contributed by atoms with Crippen molar-refractivity contribution in [3.8, 4) is 22.8 Å². The number of anilines is 1. The first kappa shape index (κ1) is 14.4. The Bertz CT molecular complexity index is 608. The molecule has 1 aromatic carbocycles. The molecule has 0 saturated carbocycles. The number of thiazole rings is 1. The number of benzene rings is 1. The third-order valence-electron chi connectivity index (χ3n) is 2.85. The molecule has 106 valence electrons. The van der Waals surface area contributed by atoms with Crippen LogP contribution in [0.2, 0.25) is 0 Å². The van der Waals surface area contributed by atoms with E-state index in [9.17, 15) is 0 Å². The van der Waals surface area contributed by atoms with Gasteiger partial charge in [-0.2, -0.15) is 0 Å². The Hall–Kier alpha value is -2.01. The lowest BCUT2D eigenvalue weighted by atomic mass is 10.1. The molecule has 20 heavy (non-hydrogen) atoms. The first-order valence-electron chi connectivity index (χ1n) is 6.24. The van der Waals surface area contributed by atoms with E-state index in [0.29, 0.717) is 18.0 Å². The van der Waals surface area contributed by atoms with Crippen LogP contribution >= 0.6 is 11.3 Å². The van der Waals surface area contributed by atoms with Gasteiger partial charge in [-0.25, -0.2) is 4.98 Å². The summed E-state index contributed by atoms with van der Waals surface area (Å²) in [6.45, 7) is 6.45. The van der Waals surface area contributed by atoms with E-state index in [1.807, 2.05) is 24.3 Å². The monoisotopic (exact) mass is 290 g/mol. The molecule has 0 amide bonds. The Labute approximate surface area is 123 Å². The van der Waals surface area contributed by atoms with E-state index < -0.39 is 0 Å². The van der Waals surface area contributed by atoms with Crippen LogP contribution in [0.5, 0.6) is 11.5 Å². The maximum absolute atomic E-state index is 5.33. The Morgan fingerprint density at radius 2 is 2.05 bits per heavy atom. The topological polar surface area (TPSA) is 43.4 Å². The summed E-state index contributed by atoms with van der Waals surface area (Å²) in [5.41, 5.74) is 1.98. The molecule has 0 aliphatic rings. The predicted octanol–water partition coefficient (Wildman–Crippen LogP) is 3.73. The van der Waals surface area contributed by atoms with Crippen LogP contribution in [-0.2, 0) is 0 Å². The fourth-order valence-electron chi connectivity index (χ4n) is 1.88. The van der Waals surface area contributed by atoms with Gasteiger partial charge in [-0.1, -0.05) is 6.08 Å². The summed E-state index contributed by atoms with van der Waals surface area (Å²) in [4.78, 5) is 5.77. The maximum atomic E-state index is 5.33. The van der Waals surface area contributed by atoms with Gasteiger partial charge >= 0.3 is 0 Å². The van der Waals surface area contributed by atoms with Crippen LogP contribution in [-0.4, -0.2) is 25.7 Å². The normalized spacial score (nSPS) is 10.2. The summed E-state index contributed by atoms with van der Waals surface area (Å²) in [5, 5.41) is 4.11. The lowest BCUT2D eigenvalue weighted by molar-refractivity contribution is 0.355. The summed E-state index contributed by atoms with van der Waals surface area (Å²) in [6, 6.07) is 5.82. The molecule has 0 spiro atoms. The summed E-state index contributed by atoms with van der Waals surface area (Å²) in [5.74, 6) is 1.42. The second-order valence-electron chi connectivity index (χ2n) is 4.16. The fourth-order valence-corrected chi connectivity index (χ4v) is 2.73. The minimum Gasteiger partial charge on any atom is -0.493 e. The van der Waals surface area contributed by atoms with Crippen LogP contribution in [0.25, 0.3) is 11.3 Å². The van der Waals surface area contributed by atoms with Crippen molar-refractivity contribution >= 4 is 16.5 Å². The van der Waals surface area contributed by atoms with Crippen molar-refractivity contribution in [2.45, 2.75) is 6.92 Å². The van der Waals surface area contributed by atoms with Crippen molar-refractivity contribution < 1.29 is 9.47 Å². The lowest BCUT2D eigenvalue weighted by Gasteiger charge is -2.08. The van der Waals surface area contributed by atoms with Crippen molar-refractivity contribution in [3.05, 3.63) is 35.7 Å². The predicted molar refractivity (Wildman–Crippen MR) is 84.1 cm³/mol. The zero-order valence-corrected chi connectivity index (χ0v) is 12.7. The van der Waals surface area contributed by atoms with E-state index in [1.165, 1.54) is 0 Å². The molecule has 4 nitrogen and oxygen atoms in total. The van der Waals surface area contributed by atoms with Crippen molar-refractivity contribution in [3.63, 3.8) is 0 Å². The van der Waals surface area contributed by atoms with Crippen LogP contribution in [0.4, 0.5) is 5.13 Å². The SMILES string of the molecule is C=CCNc1nc(-c2ccc(OC)c(OC)c2)c(C)s1. The largest absolute Gasteiger partial charge is 0.493 e. The lowest BCUT2D eigenvalue weighted by Crippen LogP contribution is -1.96. The molecular formula is C15H18N2O2S. The number of hydrogen-bond donors (Lipinski definition) is 1. The molecule has 2 aromatic rings. The smallest absolute Gasteiger partial charge is 0.183 e. The summed E-state index contributed by atoms with van der Waals surface area (Å²) < 4.78 is 10.6. The van der Waals surface area contributed by atoms with Gasteiger partial charge in [0.1, 0.15) is 0 Å². The van der Waals surface area contributed by atoms with Crippen molar-refractivity contribution in [2.24, 2.45) is 0 Å². The van der Waals surface area contributed by atoms with Crippen molar-refractivity contribution in [1.82, 2.24) is 4.98 Å². The van der Waals surface area contributed by atoms with Gasteiger partial charge in [0.05, 0.1) is 19.9 Å². The number of hydrogen-bond acceptors (Lipinski definition) is 5. The maximum Gasteiger partial charge on any atom is 0.183 e. The van der Waals surface area contributed by atoms with E-state index in [2.05, 4.69) is 23.8 Å². The highest BCUT2D eigenvalue weighted by atomic mass is 32.1. The second kappa shape index (κ2) is 6.43. The number of nitrogens with zero attached hydrogens (tertiary/aromatic N) is 1. The average Bonchev–Trinajstić information content (AvgIpc) is 2.85. The molecule has 1 heterocycles. The average molecular weight is 290 g/mol. The molecule has 0 aliphatic carbocycles. The quantitative estimate of drug-likeness (QED) is 0.823. The molecule has 0 aliphatic heterocycles. The first-order chi connectivity index (χ1) is 9.69. The van der Waals surface area contributed by atoms with Gasteiger partial charge in [0.25, 0.3) is 0 Å². The van der Waals surface area contributed by atoms with E-state index >= 15 is 0 Å². The summed E-state index contributed by atoms with van der Waals surface area (Å²) in [6.07, 6.45) is 1.81. The van der Waals surface area contributed by atoms with Gasteiger partial charge < -0.3 is 14.8 Å². The number of aryl methyl sites for hydroxylation is 1. The summed E-state index contributed by atoms with van der Waals surface area (Å²) in [7, 11) is 3.26. The van der Waals surface area contributed by atoms with E-state index in [4.69, 9.17) is 9.47 Å². The highest BCUT2D eigenvalue weighted by molar-refractivity contribution is 7.16. The Balaban J connectivity index is 2.35. The van der Waals surface area contributed by atoms with Gasteiger partial charge in [-0.15, -0.1) is 17.9 Å². The third kappa shape index (κ3) is 2.93. The van der Waals surface area contributed by atoms with Crippen molar-refractivity contribution in [1.29, 1.82) is 0 Å². The summed E-state index contributed by atoms with van der Waals surface area (Å²) >= 11 is 1.63. The number of rotatable bonds is 6.